The second-order valence-corrected chi connectivity index (χ2v) is 7.44. The molecule has 1 aliphatic heterocycles. The summed E-state index contributed by atoms with van der Waals surface area (Å²) in [6, 6.07) is 1.78. The minimum atomic E-state index is -0.513. The maximum atomic E-state index is 12.4. The summed E-state index contributed by atoms with van der Waals surface area (Å²) in [7, 11) is 1.52. The number of nitrogens with zero attached hydrogens (tertiary/aromatic N) is 3. The first-order chi connectivity index (χ1) is 12.3. The summed E-state index contributed by atoms with van der Waals surface area (Å²) < 4.78 is 10.5. The van der Waals surface area contributed by atoms with E-state index in [2.05, 4.69) is 15.0 Å². The quantitative estimate of drug-likeness (QED) is 0.883. The van der Waals surface area contributed by atoms with Gasteiger partial charge in [-0.2, -0.15) is 0 Å². The van der Waals surface area contributed by atoms with E-state index in [1.165, 1.54) is 13.3 Å². The Balaban J connectivity index is 1.76. The van der Waals surface area contributed by atoms with Crippen molar-refractivity contribution < 1.29 is 14.3 Å². The van der Waals surface area contributed by atoms with Crippen molar-refractivity contribution in [1.29, 1.82) is 0 Å². The molecule has 2 aromatic heterocycles. The maximum absolute atomic E-state index is 12.4. The fraction of sp³-hybridized carbons (Fsp3) is 0.556. The van der Waals surface area contributed by atoms with Gasteiger partial charge in [0, 0.05) is 18.7 Å². The summed E-state index contributed by atoms with van der Waals surface area (Å²) in [4.78, 5) is 37.6. The van der Waals surface area contributed by atoms with Crippen molar-refractivity contribution in [3.8, 4) is 5.88 Å². The SMILES string of the molecule is COc1cnc2[nH]c(=O)c(C3CCN(C(=O)OC(C)(C)C)CC3)cc2n1. The number of methoxy groups -OCH3 is 1. The molecule has 2 aromatic rings. The summed E-state index contributed by atoms with van der Waals surface area (Å²) in [5.74, 6) is 0.463. The Morgan fingerprint density at radius 2 is 2.00 bits per heavy atom. The Morgan fingerprint density at radius 1 is 1.31 bits per heavy atom. The number of carbonyl (C=O) groups excluding carboxylic acids is 1. The molecule has 3 rings (SSSR count). The molecule has 8 nitrogen and oxygen atoms in total. The standard InChI is InChI=1S/C18H24N4O4/c1-18(2,3)26-17(24)22-7-5-11(6-8-22)12-9-13-15(21-16(12)23)19-10-14(20-13)25-4/h9-11H,5-8H2,1-4H3,(H,19,21,23). The van der Waals surface area contributed by atoms with Crippen molar-refractivity contribution in [1.82, 2.24) is 19.9 Å². The molecule has 140 valence electrons. The van der Waals surface area contributed by atoms with Crippen LogP contribution >= 0.6 is 0 Å². The normalized spacial score (nSPS) is 15.9. The lowest BCUT2D eigenvalue weighted by molar-refractivity contribution is 0.0204. The van der Waals surface area contributed by atoms with Gasteiger partial charge < -0.3 is 19.4 Å². The van der Waals surface area contributed by atoms with Gasteiger partial charge >= 0.3 is 6.09 Å². The van der Waals surface area contributed by atoms with Crippen LogP contribution < -0.4 is 10.3 Å². The van der Waals surface area contributed by atoms with Gasteiger partial charge in [-0.3, -0.25) is 4.79 Å². The van der Waals surface area contributed by atoms with E-state index < -0.39 is 5.60 Å². The molecule has 8 heteroatoms. The predicted octanol–water partition coefficient (Wildman–Crippen LogP) is 2.44. The number of aromatic amines is 1. The highest BCUT2D eigenvalue weighted by Gasteiger charge is 2.28. The third-order valence-electron chi connectivity index (χ3n) is 4.36. The molecule has 3 heterocycles. The van der Waals surface area contributed by atoms with Crippen LogP contribution in [0.25, 0.3) is 11.2 Å². The number of ether oxygens (including phenoxy) is 2. The van der Waals surface area contributed by atoms with Gasteiger partial charge in [0.2, 0.25) is 5.88 Å². The van der Waals surface area contributed by atoms with Crippen LogP contribution in [-0.2, 0) is 4.74 Å². The minimum Gasteiger partial charge on any atom is -0.480 e. The van der Waals surface area contributed by atoms with Crippen molar-refractivity contribution in [3.05, 3.63) is 28.2 Å². The molecule has 1 amide bonds. The van der Waals surface area contributed by atoms with Gasteiger partial charge in [0.25, 0.3) is 5.56 Å². The minimum absolute atomic E-state index is 0.0647. The number of pyridine rings is 1. The van der Waals surface area contributed by atoms with Gasteiger partial charge in [-0.1, -0.05) is 0 Å². The Bertz CT molecular complexity index is 864. The third-order valence-corrected chi connectivity index (χ3v) is 4.36. The summed E-state index contributed by atoms with van der Waals surface area (Å²) in [6.07, 6.45) is 2.56. The van der Waals surface area contributed by atoms with Crippen LogP contribution in [0, 0.1) is 0 Å². The highest BCUT2D eigenvalue weighted by Crippen LogP contribution is 2.28. The van der Waals surface area contributed by atoms with Gasteiger partial charge in [0.1, 0.15) is 11.1 Å². The van der Waals surface area contributed by atoms with E-state index >= 15 is 0 Å². The molecule has 0 saturated carbocycles. The molecule has 0 atom stereocenters. The lowest BCUT2D eigenvalue weighted by Gasteiger charge is -2.33. The van der Waals surface area contributed by atoms with Gasteiger partial charge in [0.15, 0.2) is 5.65 Å². The van der Waals surface area contributed by atoms with Crippen LogP contribution in [0.1, 0.15) is 45.1 Å². The topological polar surface area (TPSA) is 97.4 Å². The molecular formula is C18H24N4O4. The Morgan fingerprint density at radius 3 is 2.62 bits per heavy atom. The van der Waals surface area contributed by atoms with Crippen LogP contribution in [0.3, 0.4) is 0 Å². The van der Waals surface area contributed by atoms with Crippen LogP contribution in [0.5, 0.6) is 5.88 Å². The molecule has 0 spiro atoms. The fourth-order valence-corrected chi connectivity index (χ4v) is 3.08. The van der Waals surface area contributed by atoms with Gasteiger partial charge in [-0.15, -0.1) is 0 Å². The lowest BCUT2D eigenvalue weighted by Crippen LogP contribution is -2.41. The number of carbonyl (C=O) groups is 1. The predicted molar refractivity (Wildman–Crippen MR) is 96.5 cm³/mol. The van der Waals surface area contributed by atoms with Crippen molar-refractivity contribution in [3.63, 3.8) is 0 Å². The average molecular weight is 360 g/mol. The number of rotatable bonds is 2. The summed E-state index contributed by atoms with van der Waals surface area (Å²) in [6.45, 7) is 6.66. The number of aromatic nitrogens is 3. The smallest absolute Gasteiger partial charge is 0.410 e. The van der Waals surface area contributed by atoms with Gasteiger partial charge in [-0.25, -0.2) is 14.8 Å². The average Bonchev–Trinajstić information content (AvgIpc) is 2.59. The van der Waals surface area contributed by atoms with Crippen LogP contribution in [0.4, 0.5) is 4.79 Å². The number of nitrogens with one attached hydrogen (secondary N) is 1. The number of piperidine rings is 1. The van der Waals surface area contributed by atoms with Gasteiger partial charge in [-0.05, 0) is 45.6 Å². The van der Waals surface area contributed by atoms with E-state index in [0.717, 1.165) is 0 Å². The number of fused-ring (bicyclic) bond motifs is 1. The van der Waals surface area contributed by atoms with Crippen molar-refractivity contribution >= 4 is 17.3 Å². The van der Waals surface area contributed by atoms with E-state index in [1.807, 2.05) is 20.8 Å². The van der Waals surface area contributed by atoms with E-state index in [9.17, 15) is 9.59 Å². The van der Waals surface area contributed by atoms with Crippen LogP contribution in [0.2, 0.25) is 0 Å². The van der Waals surface area contributed by atoms with E-state index in [4.69, 9.17) is 9.47 Å². The molecular weight excluding hydrogens is 336 g/mol. The Kier molecular flexibility index (Phi) is 4.84. The monoisotopic (exact) mass is 360 g/mol. The molecule has 0 aromatic carbocycles. The summed E-state index contributed by atoms with van der Waals surface area (Å²) in [5.41, 5.74) is 1.03. The van der Waals surface area contributed by atoms with Crippen molar-refractivity contribution in [2.45, 2.75) is 45.1 Å². The first kappa shape index (κ1) is 18.2. The van der Waals surface area contributed by atoms with Gasteiger partial charge in [0.05, 0.1) is 13.3 Å². The second kappa shape index (κ2) is 6.93. The molecule has 1 saturated heterocycles. The summed E-state index contributed by atoms with van der Waals surface area (Å²) in [5, 5.41) is 0. The fourth-order valence-electron chi connectivity index (χ4n) is 3.08. The number of amides is 1. The molecule has 1 aliphatic rings. The highest BCUT2D eigenvalue weighted by atomic mass is 16.6. The van der Waals surface area contributed by atoms with Crippen molar-refractivity contribution in [2.24, 2.45) is 0 Å². The molecule has 1 fully saturated rings. The molecule has 0 bridgehead atoms. The second-order valence-electron chi connectivity index (χ2n) is 7.44. The number of hydrogen-bond acceptors (Lipinski definition) is 6. The zero-order valence-electron chi connectivity index (χ0n) is 15.5. The molecule has 0 unspecified atom stereocenters. The molecule has 1 N–H and O–H groups in total. The number of hydrogen-bond donors (Lipinski definition) is 1. The lowest BCUT2D eigenvalue weighted by atomic mass is 9.90. The number of likely N-dealkylation sites (tertiary alicyclic amines) is 1. The van der Waals surface area contributed by atoms with E-state index in [-0.39, 0.29) is 17.6 Å². The van der Waals surface area contributed by atoms with Crippen molar-refractivity contribution in [2.75, 3.05) is 20.2 Å². The van der Waals surface area contributed by atoms with Crippen LogP contribution in [0.15, 0.2) is 17.1 Å². The zero-order valence-corrected chi connectivity index (χ0v) is 15.5. The third kappa shape index (κ3) is 3.95. The first-order valence-corrected chi connectivity index (χ1v) is 8.69. The highest BCUT2D eigenvalue weighted by molar-refractivity contribution is 5.71. The molecule has 0 radical (unpaired) electrons. The Hall–Kier alpha value is -2.64. The largest absolute Gasteiger partial charge is 0.480 e. The first-order valence-electron chi connectivity index (χ1n) is 8.69. The maximum Gasteiger partial charge on any atom is 0.410 e. The Labute approximate surface area is 151 Å². The van der Waals surface area contributed by atoms with Crippen LogP contribution in [-0.4, -0.2) is 51.7 Å². The zero-order chi connectivity index (χ0) is 18.9. The molecule has 0 aliphatic carbocycles. The van der Waals surface area contributed by atoms with E-state index in [0.29, 0.717) is 48.5 Å². The van der Waals surface area contributed by atoms with E-state index in [1.54, 1.807) is 11.0 Å². The number of H-pyrrole nitrogens is 1. The summed E-state index contributed by atoms with van der Waals surface area (Å²) >= 11 is 0. The molecule has 26 heavy (non-hydrogen) atoms.